The predicted molar refractivity (Wildman–Crippen MR) is 185 cm³/mol. The van der Waals surface area contributed by atoms with E-state index in [0.717, 1.165) is 28.8 Å². The average molecular weight is 748 g/mol. The van der Waals surface area contributed by atoms with Crippen LogP contribution in [0.3, 0.4) is 0 Å². The van der Waals surface area contributed by atoms with E-state index in [1.807, 2.05) is 6.07 Å². The molecule has 0 bridgehead atoms. The second-order valence-corrected chi connectivity index (χ2v) is 12.4. The van der Waals surface area contributed by atoms with E-state index in [4.69, 9.17) is 14.7 Å². The number of nitrogens with zero attached hydrogens (tertiary/aromatic N) is 2. The van der Waals surface area contributed by atoms with Crippen molar-refractivity contribution in [3.8, 4) is 11.8 Å². The number of urea groups is 2. The SMILES string of the molecule is CNC(=O)NCCCCNC(=O)NCCOCCOCCNC(=O)c1cc(S(=O)c2ccc(C#N)cc2)c(C)n(-c2cccc(C(F)(F)F)c2)c1=O. The number of amides is 5. The number of unbranched alkanes of at least 4 members (excludes halogenated alkanes) is 1. The molecule has 3 aromatic rings. The summed E-state index contributed by atoms with van der Waals surface area (Å²) in [7, 11) is -0.455. The minimum atomic E-state index is -4.70. The fourth-order valence-corrected chi connectivity index (χ4v) is 5.86. The molecule has 0 aliphatic heterocycles. The summed E-state index contributed by atoms with van der Waals surface area (Å²) in [6.45, 7) is 3.19. The molecule has 0 spiro atoms. The Hall–Kier alpha value is -5.25. The molecule has 14 nitrogen and oxygen atoms in total. The van der Waals surface area contributed by atoms with Gasteiger partial charge in [-0.25, -0.2) is 13.8 Å². The number of carbonyl (C=O) groups excluding carboxylic acids is 3. The van der Waals surface area contributed by atoms with E-state index in [-0.39, 0.29) is 72.8 Å². The molecule has 0 saturated heterocycles. The minimum absolute atomic E-state index is 0.0132. The van der Waals surface area contributed by atoms with Crippen molar-refractivity contribution in [2.24, 2.45) is 0 Å². The maximum Gasteiger partial charge on any atom is 0.416 e. The quantitative estimate of drug-likeness (QED) is 0.123. The molecule has 3 rings (SSSR count). The number of nitrogens with one attached hydrogen (secondary N) is 5. The molecule has 2 aromatic carbocycles. The molecule has 1 atom stereocenters. The fraction of sp³-hybridized carbons (Fsp3) is 0.382. The summed E-state index contributed by atoms with van der Waals surface area (Å²) in [5.41, 5.74) is -2.17. The lowest BCUT2D eigenvalue weighted by Gasteiger charge is -2.18. The first-order valence-electron chi connectivity index (χ1n) is 16.1. The number of pyridine rings is 1. The van der Waals surface area contributed by atoms with Gasteiger partial charge in [-0.2, -0.15) is 18.4 Å². The van der Waals surface area contributed by atoms with Crippen LogP contribution in [0.2, 0.25) is 0 Å². The Morgan fingerprint density at radius 1 is 0.846 bits per heavy atom. The molecular weight excluding hydrogens is 707 g/mol. The van der Waals surface area contributed by atoms with Crippen LogP contribution in [0.15, 0.2) is 69.2 Å². The number of halogens is 3. The van der Waals surface area contributed by atoms with Gasteiger partial charge in [0.25, 0.3) is 11.5 Å². The van der Waals surface area contributed by atoms with Crippen LogP contribution < -0.4 is 32.1 Å². The van der Waals surface area contributed by atoms with Crippen molar-refractivity contribution in [1.82, 2.24) is 31.2 Å². The Morgan fingerprint density at radius 2 is 1.44 bits per heavy atom. The number of aromatic nitrogens is 1. The van der Waals surface area contributed by atoms with Gasteiger partial charge in [-0.05, 0) is 68.3 Å². The summed E-state index contributed by atoms with van der Waals surface area (Å²) in [5.74, 6) is -0.853. The minimum Gasteiger partial charge on any atom is -0.377 e. The smallest absolute Gasteiger partial charge is 0.377 e. The molecule has 0 aliphatic rings. The zero-order chi connectivity index (χ0) is 38.1. The number of nitriles is 1. The Labute approximate surface area is 300 Å². The monoisotopic (exact) mass is 747 g/mol. The molecule has 280 valence electrons. The van der Waals surface area contributed by atoms with Crippen molar-refractivity contribution in [2.45, 2.75) is 35.7 Å². The number of hydrogen-bond donors (Lipinski definition) is 5. The Bertz CT molecular complexity index is 1810. The maximum absolute atomic E-state index is 13.7. The number of ether oxygens (including phenoxy) is 2. The summed E-state index contributed by atoms with van der Waals surface area (Å²) in [6, 6.07) is 12.3. The van der Waals surface area contributed by atoms with Gasteiger partial charge >= 0.3 is 18.2 Å². The summed E-state index contributed by atoms with van der Waals surface area (Å²) in [6.07, 6.45) is -3.31. The second-order valence-electron chi connectivity index (χ2n) is 11.0. The van der Waals surface area contributed by atoms with Crippen LogP contribution in [0.25, 0.3) is 5.69 Å². The molecular formula is C34H40F3N7O7S. The van der Waals surface area contributed by atoms with Gasteiger partial charge in [-0.1, -0.05) is 6.07 Å². The van der Waals surface area contributed by atoms with Gasteiger partial charge in [0.2, 0.25) is 0 Å². The molecule has 0 saturated carbocycles. The van der Waals surface area contributed by atoms with Crippen LogP contribution in [0.5, 0.6) is 0 Å². The summed E-state index contributed by atoms with van der Waals surface area (Å²) in [5, 5.41) is 22.1. The predicted octanol–water partition coefficient (Wildman–Crippen LogP) is 2.97. The molecule has 18 heteroatoms. The zero-order valence-electron chi connectivity index (χ0n) is 28.6. The molecule has 0 aliphatic carbocycles. The van der Waals surface area contributed by atoms with E-state index in [0.29, 0.717) is 31.5 Å². The van der Waals surface area contributed by atoms with Gasteiger partial charge in [-0.15, -0.1) is 0 Å². The van der Waals surface area contributed by atoms with Crippen LogP contribution in [0.1, 0.15) is 40.0 Å². The van der Waals surface area contributed by atoms with Crippen molar-refractivity contribution in [3.05, 3.63) is 87.3 Å². The number of benzene rings is 2. The van der Waals surface area contributed by atoms with E-state index in [2.05, 4.69) is 26.6 Å². The van der Waals surface area contributed by atoms with Crippen molar-refractivity contribution >= 4 is 28.8 Å². The number of alkyl halides is 3. The Kier molecular flexibility index (Phi) is 16.3. The van der Waals surface area contributed by atoms with E-state index in [1.54, 1.807) is 0 Å². The Morgan fingerprint density at radius 3 is 2.04 bits per heavy atom. The van der Waals surface area contributed by atoms with Crippen molar-refractivity contribution < 1.29 is 41.2 Å². The number of hydrogen-bond acceptors (Lipinski definition) is 8. The molecule has 5 amide bonds. The topological polar surface area (TPSA) is 193 Å². The van der Waals surface area contributed by atoms with Gasteiger partial charge in [0.1, 0.15) is 5.56 Å². The third-order valence-corrected chi connectivity index (χ3v) is 8.83. The number of carbonyl (C=O) groups is 3. The molecule has 52 heavy (non-hydrogen) atoms. The van der Waals surface area contributed by atoms with E-state index < -0.39 is 39.6 Å². The first-order chi connectivity index (χ1) is 24.9. The van der Waals surface area contributed by atoms with Gasteiger partial charge in [0.15, 0.2) is 0 Å². The first-order valence-corrected chi connectivity index (χ1v) is 17.3. The van der Waals surface area contributed by atoms with E-state index >= 15 is 0 Å². The molecule has 5 N–H and O–H groups in total. The van der Waals surface area contributed by atoms with Crippen LogP contribution in [0.4, 0.5) is 22.8 Å². The Balaban J connectivity index is 1.54. The summed E-state index contributed by atoms with van der Waals surface area (Å²) >= 11 is 0. The van der Waals surface area contributed by atoms with Gasteiger partial charge in [0, 0.05) is 49.5 Å². The zero-order valence-corrected chi connectivity index (χ0v) is 29.4. The number of rotatable bonds is 18. The lowest BCUT2D eigenvalue weighted by Crippen LogP contribution is -2.38. The normalized spacial score (nSPS) is 11.6. The van der Waals surface area contributed by atoms with Crippen molar-refractivity contribution in [2.75, 3.05) is 59.7 Å². The maximum atomic E-state index is 13.7. The van der Waals surface area contributed by atoms with Gasteiger partial charge in [-0.3, -0.25) is 14.2 Å². The molecule has 0 fully saturated rings. The fourth-order valence-electron chi connectivity index (χ4n) is 4.64. The lowest BCUT2D eigenvalue weighted by atomic mass is 10.1. The van der Waals surface area contributed by atoms with Crippen molar-refractivity contribution in [3.63, 3.8) is 0 Å². The highest BCUT2D eigenvalue weighted by Gasteiger charge is 2.31. The third kappa shape index (κ3) is 12.5. The lowest BCUT2D eigenvalue weighted by molar-refractivity contribution is -0.137. The largest absolute Gasteiger partial charge is 0.416 e. The van der Waals surface area contributed by atoms with Crippen LogP contribution in [-0.2, 0) is 26.4 Å². The van der Waals surface area contributed by atoms with Gasteiger partial charge < -0.3 is 36.1 Å². The standard InChI is InChI=1S/C34H40F3N7O7S/c1-23-29(52(49)27-10-8-24(22-38)9-11-27)21-28(31(46)44(23)26-7-5-6-25(20-26)34(35,36)37)30(45)40-14-16-50-18-19-51-17-15-43-33(48)42-13-4-3-12-41-32(47)39-2/h5-11,20-21H,3-4,12-19H2,1-2H3,(H,40,45)(H2,39,41,47)(H2,42,43,48). The highest BCUT2D eigenvalue weighted by atomic mass is 32.2. The molecule has 0 radical (unpaired) electrons. The van der Waals surface area contributed by atoms with Crippen molar-refractivity contribution in [1.29, 1.82) is 5.26 Å². The summed E-state index contributed by atoms with van der Waals surface area (Å²) in [4.78, 5) is 50.0. The first kappa shape index (κ1) is 41.2. The summed E-state index contributed by atoms with van der Waals surface area (Å²) < 4.78 is 66.0. The third-order valence-electron chi connectivity index (χ3n) is 7.31. The highest BCUT2D eigenvalue weighted by Crippen LogP contribution is 2.31. The highest BCUT2D eigenvalue weighted by molar-refractivity contribution is 7.85. The van der Waals surface area contributed by atoms with Crippen LogP contribution >= 0.6 is 0 Å². The molecule has 1 unspecified atom stereocenters. The molecule has 1 heterocycles. The average Bonchev–Trinajstić information content (AvgIpc) is 3.13. The molecule has 1 aromatic heterocycles. The van der Waals surface area contributed by atoms with Crippen LogP contribution in [-0.4, -0.2) is 86.4 Å². The van der Waals surface area contributed by atoms with Gasteiger partial charge in [0.05, 0.1) is 59.3 Å². The van der Waals surface area contributed by atoms with Crippen LogP contribution in [0, 0.1) is 18.3 Å². The van der Waals surface area contributed by atoms with E-state index in [1.165, 1.54) is 44.3 Å². The second kappa shape index (κ2) is 20.6. The van der Waals surface area contributed by atoms with E-state index in [9.17, 15) is 36.6 Å².